The molecule has 564 valence electrons. The van der Waals surface area contributed by atoms with E-state index in [0.717, 1.165) is 44.9 Å². The molecule has 0 heterocycles. The molecular weight excluding hydrogens is 1190 g/mol. The van der Waals surface area contributed by atoms with E-state index in [1.165, 1.54) is 392 Å². The molecule has 0 spiro atoms. The smallest absolute Gasteiger partial charge is 0.268 e. The standard InChI is InChI=1S/C86H169N2O6P/c1-6-8-10-12-14-16-18-20-22-24-26-28-30-32-34-36-38-40-41-42-43-44-45-46-47-48-50-52-54-56-58-60-62-64-66-68-70-72-74-76-78-80-86(90)87-84(83-94-95(91,92)93-82-81-88(3,4)5)85(89)79-77-75-73-71-69-67-65-63-61-59-57-55-53-51-49-39-37-35-33-31-29-27-25-23-21-19-17-15-13-11-9-7-2/h18,20,24,26,77,79,84-85,89H,6-17,19,21-23,25,27-76,78,80-83H2,1-5H3,(H-,87,90,91,92)/b20-18-,26-24-,79-77+. The molecule has 9 heteroatoms. The Labute approximate surface area is 595 Å². The van der Waals surface area contributed by atoms with E-state index in [1.807, 2.05) is 27.2 Å². The van der Waals surface area contributed by atoms with Crippen LogP contribution in [0.4, 0.5) is 0 Å². The van der Waals surface area contributed by atoms with Gasteiger partial charge in [-0.05, 0) is 51.4 Å². The van der Waals surface area contributed by atoms with Crippen LogP contribution in [0.25, 0.3) is 0 Å². The van der Waals surface area contributed by atoms with E-state index in [0.29, 0.717) is 17.4 Å². The molecule has 0 bridgehead atoms. The lowest BCUT2D eigenvalue weighted by Crippen LogP contribution is -2.45. The zero-order valence-corrected chi connectivity index (χ0v) is 65.8. The molecule has 3 atom stereocenters. The van der Waals surface area contributed by atoms with Crippen molar-refractivity contribution in [1.82, 2.24) is 5.32 Å². The van der Waals surface area contributed by atoms with Gasteiger partial charge < -0.3 is 28.8 Å². The van der Waals surface area contributed by atoms with Gasteiger partial charge in [-0.15, -0.1) is 0 Å². The molecule has 0 aliphatic carbocycles. The van der Waals surface area contributed by atoms with Gasteiger partial charge in [0, 0.05) is 6.42 Å². The van der Waals surface area contributed by atoms with E-state index in [1.54, 1.807) is 6.08 Å². The lowest BCUT2D eigenvalue weighted by molar-refractivity contribution is -0.870. The van der Waals surface area contributed by atoms with Gasteiger partial charge in [0.05, 0.1) is 39.9 Å². The van der Waals surface area contributed by atoms with Crippen LogP contribution in [0.5, 0.6) is 0 Å². The molecule has 0 rings (SSSR count). The summed E-state index contributed by atoms with van der Waals surface area (Å²) < 4.78 is 23.6. The highest BCUT2D eigenvalue weighted by Crippen LogP contribution is 2.38. The molecule has 95 heavy (non-hydrogen) atoms. The van der Waals surface area contributed by atoms with Crippen molar-refractivity contribution in [3.05, 3.63) is 36.5 Å². The average molecular weight is 1360 g/mol. The summed E-state index contributed by atoms with van der Waals surface area (Å²) in [6.07, 6.45) is 105. The summed E-state index contributed by atoms with van der Waals surface area (Å²) in [6.45, 7) is 4.71. The zero-order chi connectivity index (χ0) is 69.0. The van der Waals surface area contributed by atoms with Crippen LogP contribution >= 0.6 is 7.82 Å². The van der Waals surface area contributed by atoms with E-state index < -0.39 is 20.0 Å². The van der Waals surface area contributed by atoms with Gasteiger partial charge in [-0.3, -0.25) is 9.36 Å². The second-order valence-corrected chi connectivity index (χ2v) is 32.3. The van der Waals surface area contributed by atoms with Crippen molar-refractivity contribution in [3.63, 3.8) is 0 Å². The molecule has 0 aliphatic heterocycles. The van der Waals surface area contributed by atoms with Crippen molar-refractivity contribution >= 4 is 13.7 Å². The largest absolute Gasteiger partial charge is 0.756 e. The Morgan fingerprint density at radius 2 is 0.611 bits per heavy atom. The average Bonchev–Trinajstić information content (AvgIpc) is 2.01. The van der Waals surface area contributed by atoms with E-state index in [-0.39, 0.29) is 19.1 Å². The molecule has 0 radical (unpaired) electrons. The summed E-state index contributed by atoms with van der Waals surface area (Å²) in [6, 6.07) is -0.887. The maximum absolute atomic E-state index is 13.1. The van der Waals surface area contributed by atoms with E-state index in [9.17, 15) is 19.4 Å². The number of phosphoric ester groups is 1. The summed E-state index contributed by atoms with van der Waals surface area (Å²) in [5, 5.41) is 14.0. The van der Waals surface area contributed by atoms with Crippen LogP contribution in [0.2, 0.25) is 0 Å². The summed E-state index contributed by atoms with van der Waals surface area (Å²) in [7, 11) is 1.29. The number of hydrogen-bond donors (Lipinski definition) is 2. The molecule has 1 amide bonds. The number of rotatable bonds is 81. The number of hydrogen-bond acceptors (Lipinski definition) is 6. The van der Waals surface area contributed by atoms with E-state index in [4.69, 9.17) is 9.05 Å². The van der Waals surface area contributed by atoms with Crippen LogP contribution in [-0.4, -0.2) is 68.5 Å². The molecule has 8 nitrogen and oxygen atoms in total. The number of unbranched alkanes of at least 4 members (excludes halogenated alkanes) is 64. The molecule has 3 unspecified atom stereocenters. The first-order chi connectivity index (χ1) is 46.5. The maximum atomic E-state index is 13.1. The minimum Gasteiger partial charge on any atom is -0.756 e. The van der Waals surface area contributed by atoms with Crippen molar-refractivity contribution in [2.45, 2.75) is 469 Å². The second-order valence-electron chi connectivity index (χ2n) is 30.9. The van der Waals surface area contributed by atoms with Gasteiger partial charge in [0.1, 0.15) is 13.2 Å². The lowest BCUT2D eigenvalue weighted by Gasteiger charge is -2.29. The van der Waals surface area contributed by atoms with Crippen molar-refractivity contribution in [1.29, 1.82) is 0 Å². The summed E-state index contributed by atoms with van der Waals surface area (Å²) >= 11 is 0. The lowest BCUT2D eigenvalue weighted by atomic mass is 10.0. The minimum atomic E-state index is -4.61. The van der Waals surface area contributed by atoms with Crippen LogP contribution in [0.15, 0.2) is 36.5 Å². The number of quaternary nitrogens is 1. The van der Waals surface area contributed by atoms with Gasteiger partial charge in [-0.25, -0.2) is 0 Å². The third-order valence-electron chi connectivity index (χ3n) is 20.1. The fraction of sp³-hybridized carbons (Fsp3) is 0.919. The first kappa shape index (κ1) is 93.7. The molecule has 0 aromatic rings. The number of allylic oxidation sites excluding steroid dienone is 5. The number of aliphatic hydroxyl groups is 1. The summed E-state index contributed by atoms with van der Waals surface area (Å²) in [5.41, 5.74) is 0. The number of aliphatic hydroxyl groups excluding tert-OH is 1. The Bertz CT molecular complexity index is 1650. The Balaban J connectivity index is 3.88. The highest BCUT2D eigenvalue weighted by Gasteiger charge is 2.23. The number of carbonyl (C=O) groups excluding carboxylic acids is 1. The zero-order valence-electron chi connectivity index (χ0n) is 64.9. The van der Waals surface area contributed by atoms with Gasteiger partial charge in [-0.2, -0.15) is 0 Å². The van der Waals surface area contributed by atoms with Crippen LogP contribution < -0.4 is 10.2 Å². The maximum Gasteiger partial charge on any atom is 0.268 e. The fourth-order valence-corrected chi connectivity index (χ4v) is 14.2. The van der Waals surface area contributed by atoms with Crippen LogP contribution in [0.1, 0.15) is 457 Å². The number of carbonyl (C=O) groups is 1. The van der Waals surface area contributed by atoms with Gasteiger partial charge >= 0.3 is 0 Å². The minimum absolute atomic E-state index is 0.00210. The van der Waals surface area contributed by atoms with Gasteiger partial charge in [0.25, 0.3) is 7.82 Å². The Morgan fingerprint density at radius 1 is 0.368 bits per heavy atom. The highest BCUT2D eigenvalue weighted by atomic mass is 31.2. The quantitative estimate of drug-likeness (QED) is 0.0272. The molecule has 0 aliphatic rings. The predicted molar refractivity (Wildman–Crippen MR) is 418 cm³/mol. The van der Waals surface area contributed by atoms with Crippen LogP contribution in [0.3, 0.4) is 0 Å². The van der Waals surface area contributed by atoms with Crippen LogP contribution in [0, 0.1) is 0 Å². The molecule has 2 N–H and O–H groups in total. The molecule has 0 saturated heterocycles. The van der Waals surface area contributed by atoms with Gasteiger partial charge in [0.15, 0.2) is 0 Å². The number of phosphoric acid groups is 1. The Kier molecular flexibility index (Phi) is 75.9. The molecule has 0 aromatic heterocycles. The SMILES string of the molecule is CCCCCCC/C=C\C/C=C\CCCCCCCCCCCCCCCCCCCCCCCCCCCCCCCC(=O)NC(COP(=O)([O-])OCC[N+](C)(C)C)C(O)/C=C/CCCCCCCCCCCCCCCCCCCCCCCCCCCCCCCC. The molecule has 0 fully saturated rings. The first-order valence-corrected chi connectivity index (χ1v) is 44.3. The molecule has 0 saturated carbocycles. The number of amides is 1. The third-order valence-corrected chi connectivity index (χ3v) is 21.1. The highest BCUT2D eigenvalue weighted by molar-refractivity contribution is 7.45. The topological polar surface area (TPSA) is 108 Å². The Hall–Kier alpha value is -1.28. The predicted octanol–water partition coefficient (Wildman–Crippen LogP) is 27.7. The van der Waals surface area contributed by atoms with Crippen molar-refractivity contribution in [3.8, 4) is 0 Å². The number of nitrogens with one attached hydrogen (secondary N) is 1. The van der Waals surface area contributed by atoms with E-state index >= 15 is 0 Å². The van der Waals surface area contributed by atoms with Gasteiger partial charge in [-0.1, -0.05) is 436 Å². The first-order valence-electron chi connectivity index (χ1n) is 42.9. The summed E-state index contributed by atoms with van der Waals surface area (Å²) in [4.78, 5) is 25.7. The third kappa shape index (κ3) is 79.9. The van der Waals surface area contributed by atoms with E-state index in [2.05, 4.69) is 43.5 Å². The number of nitrogens with zero attached hydrogens (tertiary/aromatic N) is 1. The van der Waals surface area contributed by atoms with Gasteiger partial charge in [0.2, 0.25) is 5.91 Å². The molecular formula is C86H169N2O6P. The number of likely N-dealkylation sites (N-methyl/N-ethyl adjacent to an activating group) is 1. The summed E-state index contributed by atoms with van der Waals surface area (Å²) in [5.74, 6) is -0.186. The van der Waals surface area contributed by atoms with Crippen molar-refractivity contribution in [2.24, 2.45) is 0 Å². The fourth-order valence-electron chi connectivity index (χ4n) is 13.5. The van der Waals surface area contributed by atoms with Crippen molar-refractivity contribution in [2.75, 3.05) is 40.9 Å². The van der Waals surface area contributed by atoms with Crippen LogP contribution in [-0.2, 0) is 18.4 Å². The monoisotopic (exact) mass is 1360 g/mol. The van der Waals surface area contributed by atoms with Crippen molar-refractivity contribution < 1.29 is 32.9 Å². The molecule has 0 aromatic carbocycles. The Morgan fingerprint density at radius 3 is 0.874 bits per heavy atom. The second kappa shape index (κ2) is 76.9. The normalized spacial score (nSPS) is 13.5.